The number of hydrogen-bond donors (Lipinski definition) is 2. The Labute approximate surface area is 234 Å². The summed E-state index contributed by atoms with van der Waals surface area (Å²) in [5.74, 6) is -0.530. The van der Waals surface area contributed by atoms with Gasteiger partial charge in [0.2, 0.25) is 15.9 Å². The zero-order valence-electron chi connectivity index (χ0n) is 22.4. The number of carbonyl (C=O) groups excluding carboxylic acids is 1. The number of unbranched alkanes of at least 4 members (excludes halogenated alkanes) is 4. The zero-order chi connectivity index (χ0) is 28.7. The molecule has 0 saturated heterocycles. The number of sulfonamides is 1. The van der Waals surface area contributed by atoms with Crippen LogP contribution in [0.15, 0.2) is 83.8 Å². The van der Waals surface area contributed by atoms with Gasteiger partial charge in [0.25, 0.3) is 0 Å². The Balaban J connectivity index is 1.23. The highest BCUT2D eigenvalue weighted by atomic mass is 32.2. The molecular weight excluding hydrogens is 531 g/mol. The number of halogens is 1. The number of nitrogens with one attached hydrogen (secondary N) is 1. The molecule has 40 heavy (non-hydrogen) atoms. The fraction of sp³-hybridized carbons (Fsp3) is 0.333. The fourth-order valence-corrected chi connectivity index (χ4v) is 5.19. The molecule has 8 nitrogen and oxygen atoms in total. The lowest BCUT2D eigenvalue weighted by Gasteiger charge is -2.30. The van der Waals surface area contributed by atoms with Gasteiger partial charge in [0, 0.05) is 18.7 Å². The number of aromatic nitrogens is 2. The molecule has 0 spiro atoms. The van der Waals surface area contributed by atoms with E-state index in [4.69, 9.17) is 9.88 Å². The maximum atomic E-state index is 13.5. The van der Waals surface area contributed by atoms with Gasteiger partial charge in [-0.05, 0) is 73.9 Å². The summed E-state index contributed by atoms with van der Waals surface area (Å²) >= 11 is 0. The van der Waals surface area contributed by atoms with Crippen LogP contribution in [0.5, 0.6) is 0 Å². The Kier molecular flexibility index (Phi) is 9.67. The van der Waals surface area contributed by atoms with Gasteiger partial charge >= 0.3 is 0 Å². The average molecular weight is 567 g/mol. The molecule has 10 heteroatoms. The van der Waals surface area contributed by atoms with Gasteiger partial charge in [-0.3, -0.25) is 4.79 Å². The van der Waals surface area contributed by atoms with Gasteiger partial charge in [-0.15, -0.1) is 0 Å². The van der Waals surface area contributed by atoms with Crippen molar-refractivity contribution in [3.8, 4) is 16.9 Å². The van der Waals surface area contributed by atoms with Gasteiger partial charge in [-0.1, -0.05) is 43.6 Å². The molecule has 1 heterocycles. The Morgan fingerprint density at radius 1 is 1.02 bits per heavy atom. The highest BCUT2D eigenvalue weighted by Gasteiger charge is 2.32. The van der Waals surface area contributed by atoms with E-state index in [-0.39, 0.29) is 22.5 Å². The number of amides is 1. The van der Waals surface area contributed by atoms with Crippen LogP contribution in [0.25, 0.3) is 16.9 Å². The summed E-state index contributed by atoms with van der Waals surface area (Å²) in [5, 5.41) is 12.8. The van der Waals surface area contributed by atoms with Gasteiger partial charge in [0.1, 0.15) is 5.82 Å². The lowest BCUT2D eigenvalue weighted by molar-refractivity contribution is -0.123. The molecule has 3 aromatic rings. The number of primary sulfonamides is 1. The summed E-state index contributed by atoms with van der Waals surface area (Å²) in [6.45, 7) is 9.35. The SMILES string of the molecule is C=C1CC(=C)C1C(=O)NCCCCCCCOCc1cc(-c2ccc(F)cc2)n(-c2ccc(S(N)(=O)=O)cc2)n1. The predicted molar refractivity (Wildman–Crippen MR) is 152 cm³/mol. The molecule has 2 aromatic carbocycles. The van der Waals surface area contributed by atoms with Crippen molar-refractivity contribution in [2.45, 2.75) is 50.0 Å². The smallest absolute Gasteiger partial charge is 0.238 e. The fourth-order valence-electron chi connectivity index (χ4n) is 4.67. The third-order valence-corrected chi connectivity index (χ3v) is 7.79. The van der Waals surface area contributed by atoms with E-state index < -0.39 is 10.0 Å². The highest BCUT2D eigenvalue weighted by Crippen LogP contribution is 2.36. The topological polar surface area (TPSA) is 116 Å². The number of nitrogens with zero attached hydrogens (tertiary/aromatic N) is 2. The largest absolute Gasteiger partial charge is 0.375 e. The van der Waals surface area contributed by atoms with Crippen molar-refractivity contribution in [1.29, 1.82) is 0 Å². The Morgan fingerprint density at radius 3 is 2.33 bits per heavy atom. The van der Waals surface area contributed by atoms with E-state index in [0.29, 0.717) is 31.1 Å². The molecule has 1 amide bonds. The second kappa shape index (κ2) is 13.2. The van der Waals surface area contributed by atoms with Crippen LogP contribution >= 0.6 is 0 Å². The van der Waals surface area contributed by atoms with Gasteiger partial charge in [0.15, 0.2) is 0 Å². The molecule has 0 atom stereocenters. The molecule has 1 fully saturated rings. The van der Waals surface area contributed by atoms with E-state index in [0.717, 1.165) is 60.9 Å². The number of rotatable bonds is 14. The van der Waals surface area contributed by atoms with Gasteiger partial charge in [-0.25, -0.2) is 22.6 Å². The quantitative estimate of drug-likeness (QED) is 0.209. The molecule has 0 aliphatic heterocycles. The summed E-state index contributed by atoms with van der Waals surface area (Å²) in [6.07, 6.45) is 5.71. The van der Waals surface area contributed by atoms with E-state index in [2.05, 4.69) is 23.6 Å². The first-order valence-electron chi connectivity index (χ1n) is 13.3. The molecule has 0 radical (unpaired) electrons. The van der Waals surface area contributed by atoms with E-state index in [9.17, 15) is 17.6 Å². The third-order valence-electron chi connectivity index (χ3n) is 6.86. The van der Waals surface area contributed by atoms with Crippen molar-refractivity contribution in [2.75, 3.05) is 13.2 Å². The molecule has 3 N–H and O–H groups in total. The minimum absolute atomic E-state index is 0.00582. The summed E-state index contributed by atoms with van der Waals surface area (Å²) in [6, 6.07) is 14.1. The van der Waals surface area contributed by atoms with E-state index >= 15 is 0 Å². The second-order valence-corrected chi connectivity index (χ2v) is 11.6. The first kappa shape index (κ1) is 29.4. The van der Waals surface area contributed by atoms with Gasteiger partial charge in [-0.2, -0.15) is 5.10 Å². The molecule has 0 bridgehead atoms. The normalized spacial score (nSPS) is 13.8. The molecule has 1 saturated carbocycles. The monoisotopic (exact) mass is 566 g/mol. The molecule has 1 aromatic heterocycles. The van der Waals surface area contributed by atoms with Gasteiger partial charge in [0.05, 0.1) is 34.5 Å². The maximum Gasteiger partial charge on any atom is 0.238 e. The van der Waals surface area contributed by atoms with Crippen molar-refractivity contribution >= 4 is 15.9 Å². The van der Waals surface area contributed by atoms with Crippen LogP contribution in [-0.4, -0.2) is 37.3 Å². The average Bonchev–Trinajstić information content (AvgIpc) is 3.33. The summed E-state index contributed by atoms with van der Waals surface area (Å²) in [4.78, 5) is 12.1. The molecule has 1 aliphatic rings. The van der Waals surface area contributed by atoms with E-state index in [1.165, 1.54) is 24.3 Å². The summed E-state index contributed by atoms with van der Waals surface area (Å²) in [7, 11) is -3.81. The first-order valence-corrected chi connectivity index (χ1v) is 14.9. The van der Waals surface area contributed by atoms with Crippen molar-refractivity contribution in [3.63, 3.8) is 0 Å². The Bertz CT molecular complexity index is 1450. The first-order chi connectivity index (χ1) is 19.1. The number of carbonyl (C=O) groups is 1. The number of benzene rings is 2. The van der Waals surface area contributed by atoms with E-state index in [1.54, 1.807) is 28.9 Å². The molecule has 212 valence electrons. The molecule has 1 aliphatic carbocycles. The van der Waals surface area contributed by atoms with Gasteiger partial charge < -0.3 is 10.1 Å². The molecular formula is C30H35FN4O4S. The van der Waals surface area contributed by atoms with Crippen LogP contribution in [-0.2, 0) is 26.2 Å². The number of nitrogens with two attached hydrogens (primary N) is 1. The highest BCUT2D eigenvalue weighted by molar-refractivity contribution is 7.89. The van der Waals surface area contributed by atoms with Crippen molar-refractivity contribution in [3.05, 3.63) is 90.4 Å². The molecule has 0 unspecified atom stereocenters. The van der Waals surface area contributed by atoms with Crippen LogP contribution in [0.4, 0.5) is 4.39 Å². The third kappa shape index (κ3) is 7.53. The van der Waals surface area contributed by atoms with Crippen molar-refractivity contribution in [1.82, 2.24) is 15.1 Å². The minimum Gasteiger partial charge on any atom is -0.375 e. The van der Waals surface area contributed by atoms with Crippen LogP contribution in [0.1, 0.15) is 44.2 Å². The van der Waals surface area contributed by atoms with E-state index in [1.807, 2.05) is 6.07 Å². The predicted octanol–water partition coefficient (Wildman–Crippen LogP) is 5.04. The number of ether oxygens (including phenoxy) is 1. The van der Waals surface area contributed by atoms with Crippen molar-refractivity contribution < 1.29 is 22.3 Å². The second-order valence-electron chi connectivity index (χ2n) is 10.0. The van der Waals surface area contributed by atoms with Crippen molar-refractivity contribution in [2.24, 2.45) is 11.1 Å². The minimum atomic E-state index is -3.81. The lowest BCUT2D eigenvalue weighted by Crippen LogP contribution is -2.37. The maximum absolute atomic E-state index is 13.5. The van der Waals surface area contributed by atoms with Crippen LogP contribution < -0.4 is 10.5 Å². The standard InChI is InChI=1S/C30H35FN4O4S/c1-21-18-22(2)29(21)30(36)33-16-6-4-3-5-7-17-39-20-25-19-28(23-8-10-24(31)11-9-23)35(34-25)26-12-14-27(15-13-26)40(32,37)38/h8-15,19,29H,1-7,16-18,20H2,(H,33,36)(H2,32,37,38). The Morgan fingerprint density at radius 2 is 1.68 bits per heavy atom. The lowest BCUT2D eigenvalue weighted by atomic mass is 9.75. The summed E-state index contributed by atoms with van der Waals surface area (Å²) in [5.41, 5.74) is 4.70. The zero-order valence-corrected chi connectivity index (χ0v) is 23.3. The van der Waals surface area contributed by atoms with Crippen LogP contribution in [0.2, 0.25) is 0 Å². The Hall–Kier alpha value is -3.60. The number of hydrogen-bond acceptors (Lipinski definition) is 5. The van der Waals surface area contributed by atoms with Crippen LogP contribution in [0.3, 0.4) is 0 Å². The molecule has 4 rings (SSSR count). The van der Waals surface area contributed by atoms with Crippen LogP contribution in [0, 0.1) is 11.7 Å². The summed E-state index contributed by atoms with van der Waals surface area (Å²) < 4.78 is 44.3.